The molecule has 3 heterocycles. The van der Waals surface area contributed by atoms with Gasteiger partial charge in [0.2, 0.25) is 0 Å². The molecule has 0 radical (unpaired) electrons. The van der Waals surface area contributed by atoms with Gasteiger partial charge in [0.05, 0.1) is 11.7 Å². The number of rotatable bonds is 3. The van der Waals surface area contributed by atoms with Gasteiger partial charge in [-0.3, -0.25) is 4.98 Å². The van der Waals surface area contributed by atoms with E-state index in [1.54, 1.807) is 0 Å². The van der Waals surface area contributed by atoms with Gasteiger partial charge in [0.1, 0.15) is 6.04 Å². The minimum Gasteiger partial charge on any atom is -0.363 e. The van der Waals surface area contributed by atoms with E-state index < -0.39 is 0 Å². The Hall–Kier alpha value is -2.18. The second kappa shape index (κ2) is 6.37. The van der Waals surface area contributed by atoms with Gasteiger partial charge in [0.15, 0.2) is 5.11 Å². The topological polar surface area (TPSA) is 44.0 Å². The quantitative estimate of drug-likeness (QED) is 0.643. The number of hydrogen-bond donors (Lipinski definition) is 2. The fourth-order valence-corrected chi connectivity index (χ4v) is 3.69. The number of halogens is 1. The molecule has 0 amide bonds. The Balaban J connectivity index is 1.80. The van der Waals surface area contributed by atoms with E-state index in [0.29, 0.717) is 5.11 Å². The third-order valence-corrected chi connectivity index (χ3v) is 4.99. The van der Waals surface area contributed by atoms with Crippen molar-refractivity contribution in [1.82, 2.24) is 15.3 Å². The molecule has 2 N–H and O–H groups in total. The number of thiocarbonyl (C=S) groups is 1. The first-order valence-electron chi connectivity index (χ1n) is 7.63. The lowest BCUT2D eigenvalue weighted by Crippen LogP contribution is -2.29. The first kappa shape index (κ1) is 15.4. The van der Waals surface area contributed by atoms with Gasteiger partial charge in [0.25, 0.3) is 0 Å². The van der Waals surface area contributed by atoms with Gasteiger partial charge in [-0.15, -0.1) is 0 Å². The standard InChI is InChI=1S/C18H15BrN4S/c19-12-6-8-13(9-7-12)23-17(15-5-3-11-21-15)16(22-18(23)24)14-4-1-2-10-20-14/h1-11,16-17,21H,(H,22,24)/t16-,17-/m1/s1. The minimum atomic E-state index is -0.0130. The molecule has 6 heteroatoms. The molecule has 1 aromatic carbocycles. The van der Waals surface area contributed by atoms with Crippen LogP contribution in [0.25, 0.3) is 0 Å². The Morgan fingerprint density at radius 1 is 1.04 bits per heavy atom. The highest BCUT2D eigenvalue weighted by molar-refractivity contribution is 9.10. The number of anilines is 1. The van der Waals surface area contributed by atoms with E-state index in [2.05, 4.69) is 54.3 Å². The van der Waals surface area contributed by atoms with Crippen LogP contribution in [-0.4, -0.2) is 15.1 Å². The molecule has 4 rings (SSSR count). The fourth-order valence-electron chi connectivity index (χ4n) is 3.08. The average Bonchev–Trinajstić information content (AvgIpc) is 3.24. The minimum absolute atomic E-state index is 0.0130. The summed E-state index contributed by atoms with van der Waals surface area (Å²) in [6, 6.07) is 18.2. The number of benzene rings is 1. The molecular weight excluding hydrogens is 384 g/mol. The number of hydrogen-bond acceptors (Lipinski definition) is 2. The number of aromatic amines is 1. The van der Waals surface area contributed by atoms with Crippen molar-refractivity contribution in [2.24, 2.45) is 0 Å². The highest BCUT2D eigenvalue weighted by atomic mass is 79.9. The summed E-state index contributed by atoms with van der Waals surface area (Å²) in [4.78, 5) is 10.0. The lowest BCUT2D eigenvalue weighted by Gasteiger charge is -2.27. The Kier molecular flexibility index (Phi) is 4.08. The van der Waals surface area contributed by atoms with Crippen molar-refractivity contribution in [3.05, 3.63) is 82.9 Å². The van der Waals surface area contributed by atoms with Crippen LogP contribution in [0.2, 0.25) is 0 Å². The largest absolute Gasteiger partial charge is 0.363 e. The summed E-state index contributed by atoms with van der Waals surface area (Å²) in [5, 5.41) is 4.14. The van der Waals surface area contributed by atoms with Gasteiger partial charge in [-0.25, -0.2) is 0 Å². The van der Waals surface area contributed by atoms with Crippen LogP contribution in [0.1, 0.15) is 23.5 Å². The highest BCUT2D eigenvalue weighted by Gasteiger charge is 2.41. The summed E-state index contributed by atoms with van der Waals surface area (Å²) in [5.41, 5.74) is 3.12. The summed E-state index contributed by atoms with van der Waals surface area (Å²) in [6.45, 7) is 0. The van der Waals surface area contributed by atoms with Gasteiger partial charge in [-0.2, -0.15) is 0 Å². The molecule has 2 aromatic heterocycles. The molecule has 0 bridgehead atoms. The van der Waals surface area contributed by atoms with Crippen LogP contribution in [0.4, 0.5) is 5.69 Å². The summed E-state index contributed by atoms with van der Waals surface area (Å²) in [5.74, 6) is 0. The van der Waals surface area contributed by atoms with Crippen molar-refractivity contribution in [2.45, 2.75) is 12.1 Å². The number of H-pyrrole nitrogens is 1. The predicted molar refractivity (Wildman–Crippen MR) is 103 cm³/mol. The van der Waals surface area contributed by atoms with E-state index in [4.69, 9.17) is 12.2 Å². The van der Waals surface area contributed by atoms with Crippen molar-refractivity contribution >= 4 is 38.9 Å². The zero-order valence-electron chi connectivity index (χ0n) is 12.7. The zero-order valence-corrected chi connectivity index (χ0v) is 15.1. The summed E-state index contributed by atoms with van der Waals surface area (Å²) in [7, 11) is 0. The Bertz CT molecular complexity index is 833. The maximum atomic E-state index is 5.64. The van der Waals surface area contributed by atoms with Crippen molar-refractivity contribution in [3.8, 4) is 0 Å². The normalized spacial score (nSPS) is 20.2. The smallest absolute Gasteiger partial charge is 0.174 e. The highest BCUT2D eigenvalue weighted by Crippen LogP contribution is 2.40. The van der Waals surface area contributed by atoms with Crippen molar-refractivity contribution < 1.29 is 0 Å². The number of pyridine rings is 1. The Morgan fingerprint density at radius 2 is 1.88 bits per heavy atom. The van der Waals surface area contributed by atoms with E-state index in [1.165, 1.54) is 0 Å². The summed E-state index contributed by atoms with van der Waals surface area (Å²) < 4.78 is 1.04. The fraction of sp³-hybridized carbons (Fsp3) is 0.111. The number of nitrogens with zero attached hydrogens (tertiary/aromatic N) is 2. The van der Waals surface area contributed by atoms with E-state index in [1.807, 2.05) is 48.8 Å². The second-order valence-corrected chi connectivity index (χ2v) is 6.90. The molecule has 1 saturated heterocycles. The molecule has 24 heavy (non-hydrogen) atoms. The van der Waals surface area contributed by atoms with Crippen LogP contribution in [0, 0.1) is 0 Å². The van der Waals surface area contributed by atoms with E-state index in [9.17, 15) is 0 Å². The molecule has 120 valence electrons. The molecule has 4 nitrogen and oxygen atoms in total. The first-order chi connectivity index (χ1) is 11.7. The third-order valence-electron chi connectivity index (χ3n) is 4.14. The number of nitrogens with one attached hydrogen (secondary N) is 2. The molecule has 0 saturated carbocycles. The van der Waals surface area contributed by atoms with Gasteiger partial charge in [-0.1, -0.05) is 22.0 Å². The second-order valence-electron chi connectivity index (χ2n) is 5.60. The zero-order chi connectivity index (χ0) is 16.5. The molecule has 1 aliphatic heterocycles. The van der Waals surface area contributed by atoms with Crippen LogP contribution in [0.3, 0.4) is 0 Å². The van der Waals surface area contributed by atoms with E-state index >= 15 is 0 Å². The van der Waals surface area contributed by atoms with Gasteiger partial charge < -0.3 is 15.2 Å². The van der Waals surface area contributed by atoms with Crippen LogP contribution in [0.15, 0.2) is 71.5 Å². The van der Waals surface area contributed by atoms with Crippen molar-refractivity contribution in [3.63, 3.8) is 0 Å². The molecule has 3 aromatic rings. The van der Waals surface area contributed by atoms with Gasteiger partial charge >= 0.3 is 0 Å². The third kappa shape index (κ3) is 2.72. The van der Waals surface area contributed by atoms with Crippen LogP contribution in [0.5, 0.6) is 0 Å². The van der Waals surface area contributed by atoms with Crippen LogP contribution < -0.4 is 10.2 Å². The van der Waals surface area contributed by atoms with Crippen LogP contribution in [-0.2, 0) is 0 Å². The SMILES string of the molecule is S=C1N[C@H](c2ccccn2)[C@@H](c2ccc[nH]2)N1c1ccc(Br)cc1. The first-order valence-corrected chi connectivity index (χ1v) is 8.83. The van der Waals surface area contributed by atoms with Crippen molar-refractivity contribution in [1.29, 1.82) is 0 Å². The monoisotopic (exact) mass is 398 g/mol. The van der Waals surface area contributed by atoms with E-state index in [-0.39, 0.29) is 12.1 Å². The molecule has 2 atom stereocenters. The maximum Gasteiger partial charge on any atom is 0.174 e. The lowest BCUT2D eigenvalue weighted by molar-refractivity contribution is 0.558. The van der Waals surface area contributed by atoms with E-state index in [0.717, 1.165) is 21.5 Å². The van der Waals surface area contributed by atoms with Gasteiger partial charge in [-0.05, 0) is 60.7 Å². The summed E-state index contributed by atoms with van der Waals surface area (Å²) in [6.07, 6.45) is 3.75. The molecular formula is C18H15BrN4S. The molecule has 1 aliphatic rings. The molecule has 0 unspecified atom stereocenters. The van der Waals surface area contributed by atoms with Crippen LogP contribution >= 0.6 is 28.1 Å². The van der Waals surface area contributed by atoms with Crippen molar-refractivity contribution in [2.75, 3.05) is 4.90 Å². The lowest BCUT2D eigenvalue weighted by atomic mass is 10.0. The number of aromatic nitrogens is 2. The Morgan fingerprint density at radius 3 is 2.54 bits per heavy atom. The predicted octanol–water partition coefficient (Wildman–Crippen LogP) is 4.35. The van der Waals surface area contributed by atoms with Gasteiger partial charge in [0, 0.05) is 28.2 Å². The molecule has 0 aliphatic carbocycles. The average molecular weight is 399 g/mol. The molecule has 0 spiro atoms. The Labute approximate surface area is 154 Å². The maximum absolute atomic E-state index is 5.64. The molecule has 1 fully saturated rings. The summed E-state index contributed by atoms with van der Waals surface area (Å²) >= 11 is 9.13.